The lowest BCUT2D eigenvalue weighted by atomic mass is 10.1. The van der Waals surface area contributed by atoms with Gasteiger partial charge in [0.2, 0.25) is 5.88 Å². The molecule has 111 valence electrons. The SMILES string of the molecule is FC(F)(F)c1cccc(Oc2cc[c]cn2)c1C(F)(F)F. The summed E-state index contributed by atoms with van der Waals surface area (Å²) in [5.41, 5.74) is -3.69. The molecule has 8 heteroatoms. The van der Waals surface area contributed by atoms with E-state index in [4.69, 9.17) is 4.74 Å². The first-order valence-electron chi connectivity index (χ1n) is 5.47. The quantitative estimate of drug-likeness (QED) is 0.750. The third kappa shape index (κ3) is 3.45. The number of aromatic nitrogens is 1. The molecule has 0 bridgehead atoms. The maximum absolute atomic E-state index is 12.9. The fourth-order valence-electron chi connectivity index (χ4n) is 1.62. The van der Waals surface area contributed by atoms with Crippen molar-refractivity contribution < 1.29 is 31.1 Å². The van der Waals surface area contributed by atoms with Crippen LogP contribution in [0, 0.1) is 6.07 Å². The Hall–Kier alpha value is -2.25. The van der Waals surface area contributed by atoms with E-state index in [0.29, 0.717) is 6.07 Å². The van der Waals surface area contributed by atoms with Gasteiger partial charge in [-0.3, -0.25) is 0 Å². The number of hydrogen-bond donors (Lipinski definition) is 0. The Balaban J connectivity index is 2.56. The van der Waals surface area contributed by atoms with Gasteiger partial charge >= 0.3 is 12.4 Å². The summed E-state index contributed by atoms with van der Waals surface area (Å²) in [4.78, 5) is 3.56. The Bertz CT molecular complexity index is 621. The number of pyridine rings is 1. The molecule has 1 aromatic heterocycles. The van der Waals surface area contributed by atoms with Crippen LogP contribution >= 0.6 is 0 Å². The molecular weight excluding hydrogens is 300 g/mol. The van der Waals surface area contributed by atoms with Crippen molar-refractivity contribution in [3.05, 3.63) is 53.7 Å². The van der Waals surface area contributed by atoms with Gasteiger partial charge in [0.1, 0.15) is 11.3 Å². The number of halogens is 6. The average molecular weight is 306 g/mol. The summed E-state index contributed by atoms with van der Waals surface area (Å²) in [5, 5.41) is 0. The van der Waals surface area contributed by atoms with Gasteiger partial charge in [-0.2, -0.15) is 26.3 Å². The summed E-state index contributed by atoms with van der Waals surface area (Å²) < 4.78 is 81.8. The predicted molar refractivity (Wildman–Crippen MR) is 59.6 cm³/mol. The number of rotatable bonds is 2. The van der Waals surface area contributed by atoms with E-state index < -0.39 is 29.2 Å². The monoisotopic (exact) mass is 306 g/mol. The molecule has 0 aliphatic carbocycles. The third-order valence-corrected chi connectivity index (χ3v) is 2.42. The number of benzene rings is 1. The van der Waals surface area contributed by atoms with Crippen LogP contribution in [0.15, 0.2) is 36.5 Å². The molecule has 0 amide bonds. The highest BCUT2D eigenvalue weighted by atomic mass is 19.4. The Morgan fingerprint density at radius 3 is 2.19 bits per heavy atom. The van der Waals surface area contributed by atoms with E-state index in [9.17, 15) is 26.3 Å². The first-order valence-corrected chi connectivity index (χ1v) is 5.47. The molecule has 0 spiro atoms. The lowest BCUT2D eigenvalue weighted by Gasteiger charge is -2.18. The smallest absolute Gasteiger partial charge is 0.420 e. The molecule has 0 atom stereocenters. The molecule has 1 aromatic carbocycles. The van der Waals surface area contributed by atoms with Crippen LogP contribution in [0.2, 0.25) is 0 Å². The van der Waals surface area contributed by atoms with E-state index >= 15 is 0 Å². The van der Waals surface area contributed by atoms with E-state index in [0.717, 1.165) is 18.3 Å². The van der Waals surface area contributed by atoms with Crippen LogP contribution in [-0.2, 0) is 12.4 Å². The minimum atomic E-state index is -5.22. The Morgan fingerprint density at radius 2 is 1.67 bits per heavy atom. The maximum Gasteiger partial charge on any atom is 0.420 e. The van der Waals surface area contributed by atoms with Gasteiger partial charge in [-0.25, -0.2) is 4.98 Å². The van der Waals surface area contributed by atoms with Crippen LogP contribution in [0.25, 0.3) is 0 Å². The zero-order valence-electron chi connectivity index (χ0n) is 10.1. The largest absolute Gasteiger partial charge is 0.438 e. The summed E-state index contributed by atoms with van der Waals surface area (Å²) in [6, 6.07) is 6.98. The molecule has 0 aliphatic heterocycles. The van der Waals surface area contributed by atoms with Crippen LogP contribution in [0.4, 0.5) is 26.3 Å². The number of ether oxygens (including phenoxy) is 1. The van der Waals surface area contributed by atoms with Gasteiger partial charge in [0.15, 0.2) is 0 Å². The van der Waals surface area contributed by atoms with Crippen LogP contribution in [-0.4, -0.2) is 4.98 Å². The van der Waals surface area contributed by atoms with Crippen LogP contribution in [0.1, 0.15) is 11.1 Å². The van der Waals surface area contributed by atoms with Crippen LogP contribution in [0.5, 0.6) is 11.6 Å². The summed E-state index contributed by atoms with van der Waals surface area (Å²) in [5.74, 6) is -1.23. The van der Waals surface area contributed by atoms with Gasteiger partial charge < -0.3 is 4.74 Å². The zero-order valence-corrected chi connectivity index (χ0v) is 10.1. The van der Waals surface area contributed by atoms with Crippen molar-refractivity contribution in [2.45, 2.75) is 12.4 Å². The van der Waals surface area contributed by atoms with Crippen LogP contribution in [0.3, 0.4) is 0 Å². The van der Waals surface area contributed by atoms with Crippen molar-refractivity contribution in [2.24, 2.45) is 0 Å². The number of alkyl halides is 6. The molecule has 0 aliphatic rings. The molecule has 1 radical (unpaired) electrons. The minimum absolute atomic E-state index is 0.265. The lowest BCUT2D eigenvalue weighted by molar-refractivity contribution is -0.162. The molecule has 0 unspecified atom stereocenters. The van der Waals surface area contributed by atoms with Crippen molar-refractivity contribution in [3.8, 4) is 11.6 Å². The molecule has 21 heavy (non-hydrogen) atoms. The van der Waals surface area contributed by atoms with E-state index in [1.165, 1.54) is 12.1 Å². The average Bonchev–Trinajstić information content (AvgIpc) is 2.37. The van der Waals surface area contributed by atoms with E-state index in [-0.39, 0.29) is 5.88 Å². The molecule has 0 fully saturated rings. The molecule has 0 N–H and O–H groups in total. The third-order valence-electron chi connectivity index (χ3n) is 2.42. The van der Waals surface area contributed by atoms with Crippen molar-refractivity contribution in [2.75, 3.05) is 0 Å². The first kappa shape index (κ1) is 15.1. The van der Waals surface area contributed by atoms with E-state index in [2.05, 4.69) is 11.1 Å². The highest BCUT2D eigenvalue weighted by Crippen LogP contribution is 2.45. The zero-order chi connectivity index (χ0) is 15.7. The van der Waals surface area contributed by atoms with Crippen molar-refractivity contribution in [3.63, 3.8) is 0 Å². The lowest BCUT2D eigenvalue weighted by Crippen LogP contribution is -2.17. The Kier molecular flexibility index (Phi) is 3.80. The van der Waals surface area contributed by atoms with Gasteiger partial charge in [0, 0.05) is 18.3 Å². The summed E-state index contributed by atoms with van der Waals surface area (Å²) in [7, 11) is 0. The number of nitrogens with zero attached hydrogens (tertiary/aromatic N) is 1. The standard InChI is InChI=1S/C13H6F6NO/c14-12(15,16)8-4-3-5-9(11(8)13(17,18)19)21-10-6-1-2-7-20-10/h1,3-7H. The van der Waals surface area contributed by atoms with Crippen molar-refractivity contribution in [1.82, 2.24) is 4.98 Å². The second-order valence-corrected chi connectivity index (χ2v) is 3.87. The van der Waals surface area contributed by atoms with E-state index in [1.54, 1.807) is 0 Å². The van der Waals surface area contributed by atoms with Gasteiger partial charge in [-0.05, 0) is 18.2 Å². The van der Waals surface area contributed by atoms with Crippen molar-refractivity contribution >= 4 is 0 Å². The molecule has 2 aromatic rings. The topological polar surface area (TPSA) is 22.1 Å². The molecule has 0 saturated heterocycles. The fourth-order valence-corrected chi connectivity index (χ4v) is 1.62. The van der Waals surface area contributed by atoms with Gasteiger partial charge in [-0.1, -0.05) is 6.07 Å². The van der Waals surface area contributed by atoms with Gasteiger partial charge in [0.05, 0.1) is 5.56 Å². The summed E-state index contributed by atoms with van der Waals surface area (Å²) in [6.45, 7) is 0. The molecular formula is C13H6F6NO. The highest BCUT2D eigenvalue weighted by Gasteiger charge is 2.45. The number of hydrogen-bond acceptors (Lipinski definition) is 2. The maximum atomic E-state index is 12.9. The van der Waals surface area contributed by atoms with Gasteiger partial charge in [0.25, 0.3) is 0 Å². The summed E-state index contributed by atoms with van der Waals surface area (Å²) >= 11 is 0. The van der Waals surface area contributed by atoms with Crippen molar-refractivity contribution in [1.29, 1.82) is 0 Å². The second kappa shape index (κ2) is 5.27. The normalized spacial score (nSPS) is 12.3. The summed E-state index contributed by atoms with van der Waals surface area (Å²) in [6.07, 6.45) is -9.25. The Labute approximate surface area is 115 Å². The molecule has 2 rings (SSSR count). The Morgan fingerprint density at radius 1 is 0.952 bits per heavy atom. The fraction of sp³-hybridized carbons (Fsp3) is 0.154. The molecule has 2 nitrogen and oxygen atoms in total. The van der Waals surface area contributed by atoms with Crippen LogP contribution < -0.4 is 4.74 Å². The molecule has 1 heterocycles. The highest BCUT2D eigenvalue weighted by molar-refractivity contribution is 5.45. The second-order valence-electron chi connectivity index (χ2n) is 3.87. The predicted octanol–water partition coefficient (Wildman–Crippen LogP) is 4.71. The van der Waals surface area contributed by atoms with E-state index in [1.807, 2.05) is 0 Å². The van der Waals surface area contributed by atoms with Gasteiger partial charge in [-0.15, -0.1) is 0 Å². The minimum Gasteiger partial charge on any atom is -0.438 e. The first-order chi connectivity index (χ1) is 9.69. The molecule has 0 saturated carbocycles.